The molecule has 0 radical (unpaired) electrons. The van der Waals surface area contributed by atoms with Crippen LogP contribution in [0.25, 0.3) is 0 Å². The molecular formula is C10H14NO5P. The van der Waals surface area contributed by atoms with E-state index in [1.54, 1.807) is 24.3 Å². The molecule has 1 aromatic carbocycles. The smallest absolute Gasteiger partial charge is 0.329 e. The standard InChI is InChI=1S/C10H14NO5P/c11-9(10(12)13)5-7-1-3-8(4-2-7)6-17(14,15)16/h1-4,9H,5-6,11H2,(H,12,13)(H2,14,15,16)/t9-/m1/s1. The van der Waals surface area contributed by atoms with Crippen LogP contribution in [-0.2, 0) is 21.9 Å². The maximum Gasteiger partial charge on any atom is 0.329 e. The van der Waals surface area contributed by atoms with Crippen molar-refractivity contribution < 1.29 is 24.3 Å². The van der Waals surface area contributed by atoms with Crippen molar-refractivity contribution in [3.63, 3.8) is 0 Å². The van der Waals surface area contributed by atoms with E-state index >= 15 is 0 Å². The van der Waals surface area contributed by atoms with Gasteiger partial charge in [-0.3, -0.25) is 9.36 Å². The first-order valence-corrected chi connectivity index (χ1v) is 6.68. The van der Waals surface area contributed by atoms with Gasteiger partial charge in [0.05, 0.1) is 6.16 Å². The topological polar surface area (TPSA) is 121 Å². The summed E-state index contributed by atoms with van der Waals surface area (Å²) in [6.07, 6.45) is -0.135. The number of nitrogens with two attached hydrogens (primary N) is 1. The maximum absolute atomic E-state index is 10.7. The molecule has 1 atom stereocenters. The van der Waals surface area contributed by atoms with E-state index in [1.165, 1.54) is 0 Å². The Morgan fingerprint density at radius 3 is 2.12 bits per heavy atom. The van der Waals surface area contributed by atoms with Crippen molar-refractivity contribution in [3.8, 4) is 0 Å². The number of hydrogen-bond acceptors (Lipinski definition) is 3. The Labute approximate surface area is 98.2 Å². The maximum atomic E-state index is 10.7. The van der Waals surface area contributed by atoms with E-state index in [9.17, 15) is 9.36 Å². The van der Waals surface area contributed by atoms with Gasteiger partial charge in [-0.15, -0.1) is 0 Å². The van der Waals surface area contributed by atoms with Crippen molar-refractivity contribution in [2.75, 3.05) is 0 Å². The molecule has 0 aromatic heterocycles. The second-order valence-corrected chi connectivity index (χ2v) is 5.43. The summed E-state index contributed by atoms with van der Waals surface area (Å²) in [5, 5.41) is 8.62. The summed E-state index contributed by atoms with van der Waals surface area (Å²) in [6.45, 7) is 0. The third kappa shape index (κ3) is 5.10. The quantitative estimate of drug-likeness (QED) is 0.565. The Bertz CT molecular complexity index is 439. The van der Waals surface area contributed by atoms with Crippen LogP contribution in [0.1, 0.15) is 11.1 Å². The third-order valence-electron chi connectivity index (χ3n) is 2.18. The molecule has 0 fully saturated rings. The molecule has 7 heteroatoms. The van der Waals surface area contributed by atoms with Crippen LogP contribution in [0, 0.1) is 0 Å². The second-order valence-electron chi connectivity index (χ2n) is 3.79. The Kier molecular flexibility index (Phi) is 4.42. The van der Waals surface area contributed by atoms with E-state index in [0.29, 0.717) is 5.56 Å². The summed E-state index contributed by atoms with van der Waals surface area (Å²) in [4.78, 5) is 28.1. The fraction of sp³-hybridized carbons (Fsp3) is 0.300. The Hall–Kier alpha value is -1.20. The molecule has 0 saturated heterocycles. The minimum absolute atomic E-state index is 0.186. The number of carboxylic acids is 1. The van der Waals surface area contributed by atoms with Crippen molar-refractivity contribution >= 4 is 13.6 Å². The Morgan fingerprint density at radius 2 is 1.71 bits per heavy atom. The molecule has 1 rings (SSSR count). The minimum atomic E-state index is -4.06. The van der Waals surface area contributed by atoms with E-state index in [2.05, 4.69) is 0 Å². The number of carbonyl (C=O) groups is 1. The van der Waals surface area contributed by atoms with Crippen LogP contribution in [0.2, 0.25) is 0 Å². The summed E-state index contributed by atoms with van der Waals surface area (Å²) in [5.41, 5.74) is 6.59. The van der Waals surface area contributed by atoms with Gasteiger partial charge >= 0.3 is 13.6 Å². The number of hydrogen-bond donors (Lipinski definition) is 4. The summed E-state index contributed by atoms with van der Waals surface area (Å²) in [7, 11) is -4.06. The molecule has 17 heavy (non-hydrogen) atoms. The molecule has 0 bridgehead atoms. The van der Waals surface area contributed by atoms with Crippen LogP contribution in [0.5, 0.6) is 0 Å². The molecule has 1 aromatic rings. The molecule has 0 heterocycles. The fourth-order valence-corrected chi connectivity index (χ4v) is 2.05. The van der Waals surface area contributed by atoms with Crippen molar-refractivity contribution in [2.24, 2.45) is 5.73 Å². The van der Waals surface area contributed by atoms with E-state index < -0.39 is 19.6 Å². The zero-order chi connectivity index (χ0) is 13.1. The lowest BCUT2D eigenvalue weighted by Crippen LogP contribution is -2.32. The lowest BCUT2D eigenvalue weighted by atomic mass is 10.1. The molecule has 0 aliphatic heterocycles. The van der Waals surface area contributed by atoms with Gasteiger partial charge in [0.15, 0.2) is 0 Å². The van der Waals surface area contributed by atoms with E-state index in [-0.39, 0.29) is 12.6 Å². The van der Waals surface area contributed by atoms with Gasteiger partial charge in [0.25, 0.3) is 0 Å². The Balaban J connectivity index is 2.68. The molecule has 0 aliphatic rings. The predicted molar refractivity (Wildman–Crippen MR) is 61.5 cm³/mol. The zero-order valence-electron chi connectivity index (χ0n) is 8.98. The largest absolute Gasteiger partial charge is 0.480 e. The first-order chi connectivity index (χ1) is 7.78. The molecule has 6 nitrogen and oxygen atoms in total. The SMILES string of the molecule is N[C@H](Cc1ccc(CP(=O)(O)O)cc1)C(=O)O. The van der Waals surface area contributed by atoms with E-state index in [0.717, 1.165) is 5.56 Å². The lowest BCUT2D eigenvalue weighted by molar-refractivity contribution is -0.138. The van der Waals surface area contributed by atoms with E-state index in [4.69, 9.17) is 20.6 Å². The van der Waals surface area contributed by atoms with Crippen molar-refractivity contribution in [1.29, 1.82) is 0 Å². The van der Waals surface area contributed by atoms with Crippen molar-refractivity contribution in [1.82, 2.24) is 0 Å². The minimum Gasteiger partial charge on any atom is -0.480 e. The van der Waals surface area contributed by atoms with Gasteiger partial charge < -0.3 is 20.6 Å². The van der Waals surface area contributed by atoms with E-state index in [1.807, 2.05) is 0 Å². The highest BCUT2D eigenvalue weighted by molar-refractivity contribution is 7.50. The van der Waals surface area contributed by atoms with Gasteiger partial charge in [0.2, 0.25) is 0 Å². The molecule has 0 saturated carbocycles. The highest BCUT2D eigenvalue weighted by Crippen LogP contribution is 2.38. The van der Waals surface area contributed by atoms with Crippen molar-refractivity contribution in [3.05, 3.63) is 35.4 Å². The average Bonchev–Trinajstić information content (AvgIpc) is 2.18. The van der Waals surface area contributed by atoms with Crippen LogP contribution in [0.3, 0.4) is 0 Å². The van der Waals surface area contributed by atoms with Gasteiger partial charge in [-0.2, -0.15) is 0 Å². The molecule has 0 spiro atoms. The fourth-order valence-electron chi connectivity index (χ4n) is 1.36. The zero-order valence-corrected chi connectivity index (χ0v) is 9.88. The first-order valence-electron chi connectivity index (χ1n) is 4.89. The van der Waals surface area contributed by atoms with Gasteiger partial charge in [-0.1, -0.05) is 24.3 Å². The summed E-state index contributed by atoms with van der Waals surface area (Å²) >= 11 is 0. The molecule has 0 unspecified atom stereocenters. The highest BCUT2D eigenvalue weighted by atomic mass is 31.2. The van der Waals surface area contributed by atoms with Crippen LogP contribution < -0.4 is 5.73 Å². The van der Waals surface area contributed by atoms with Gasteiger partial charge in [-0.25, -0.2) is 0 Å². The van der Waals surface area contributed by atoms with Crippen LogP contribution >= 0.6 is 7.60 Å². The van der Waals surface area contributed by atoms with Crippen LogP contribution in [0.4, 0.5) is 0 Å². The highest BCUT2D eigenvalue weighted by Gasteiger charge is 2.15. The Morgan fingerprint density at radius 1 is 1.24 bits per heavy atom. The van der Waals surface area contributed by atoms with Gasteiger partial charge in [0.1, 0.15) is 6.04 Å². The predicted octanol–water partition coefficient (Wildman–Crippen LogP) is 0.319. The van der Waals surface area contributed by atoms with Gasteiger partial charge in [0, 0.05) is 0 Å². The lowest BCUT2D eigenvalue weighted by Gasteiger charge is -2.08. The molecular weight excluding hydrogens is 245 g/mol. The van der Waals surface area contributed by atoms with Crippen molar-refractivity contribution in [2.45, 2.75) is 18.6 Å². The number of aliphatic carboxylic acids is 1. The normalized spacial score (nSPS) is 13.4. The number of carboxylic acid groups (broad SMARTS) is 1. The molecule has 0 aliphatic carbocycles. The molecule has 0 amide bonds. The van der Waals surface area contributed by atoms with Gasteiger partial charge in [-0.05, 0) is 17.5 Å². The molecule has 94 valence electrons. The number of rotatable bonds is 5. The number of benzene rings is 1. The van der Waals surface area contributed by atoms with Crippen LogP contribution in [0.15, 0.2) is 24.3 Å². The third-order valence-corrected chi connectivity index (χ3v) is 2.96. The summed E-state index contributed by atoms with van der Waals surface area (Å²) < 4.78 is 10.7. The second kappa shape index (κ2) is 5.42. The summed E-state index contributed by atoms with van der Waals surface area (Å²) in [5.74, 6) is -1.08. The monoisotopic (exact) mass is 259 g/mol. The average molecular weight is 259 g/mol. The summed E-state index contributed by atoms with van der Waals surface area (Å²) in [6, 6.07) is 5.38. The first kappa shape index (κ1) is 13.9. The van der Waals surface area contributed by atoms with Crippen LogP contribution in [-0.4, -0.2) is 26.9 Å². The molecule has 5 N–H and O–H groups in total.